The van der Waals surface area contributed by atoms with Crippen molar-refractivity contribution in [3.63, 3.8) is 0 Å². The Hall–Kier alpha value is -1.49. The fourth-order valence-corrected chi connectivity index (χ4v) is 2.55. The van der Waals surface area contributed by atoms with Gasteiger partial charge < -0.3 is 4.74 Å². The van der Waals surface area contributed by atoms with Crippen molar-refractivity contribution in [2.24, 2.45) is 0 Å². The zero-order chi connectivity index (χ0) is 12.3. The molecule has 1 aromatic rings. The number of aryl methyl sites for hydroxylation is 2. The van der Waals surface area contributed by atoms with Crippen LogP contribution in [0, 0.1) is 25.2 Å². The number of benzene rings is 1. The molecule has 1 fully saturated rings. The third-order valence-corrected chi connectivity index (χ3v) is 3.43. The summed E-state index contributed by atoms with van der Waals surface area (Å²) in [7, 11) is 0. The lowest BCUT2D eigenvalue weighted by Crippen LogP contribution is -2.20. The van der Waals surface area contributed by atoms with Crippen molar-refractivity contribution < 1.29 is 4.74 Å². The minimum Gasteiger partial charge on any atom is -0.490 e. The van der Waals surface area contributed by atoms with E-state index in [1.165, 1.54) is 32.1 Å². The number of ether oxygens (including phenoxy) is 1. The molecule has 1 saturated carbocycles. The number of nitriles is 1. The molecule has 17 heavy (non-hydrogen) atoms. The van der Waals surface area contributed by atoms with E-state index in [-0.39, 0.29) is 0 Å². The molecule has 0 bridgehead atoms. The van der Waals surface area contributed by atoms with E-state index in [0.717, 1.165) is 22.4 Å². The van der Waals surface area contributed by atoms with E-state index in [1.807, 2.05) is 26.0 Å². The molecule has 2 rings (SSSR count). The van der Waals surface area contributed by atoms with E-state index >= 15 is 0 Å². The van der Waals surface area contributed by atoms with E-state index in [0.29, 0.717) is 6.10 Å². The average Bonchev–Trinajstić information content (AvgIpc) is 2.35. The van der Waals surface area contributed by atoms with Gasteiger partial charge >= 0.3 is 0 Å². The zero-order valence-corrected chi connectivity index (χ0v) is 10.6. The summed E-state index contributed by atoms with van der Waals surface area (Å²) in [6.07, 6.45) is 6.59. The Morgan fingerprint density at radius 2 is 1.71 bits per heavy atom. The Labute approximate surface area is 103 Å². The second-order valence-electron chi connectivity index (χ2n) is 4.93. The van der Waals surface area contributed by atoms with Gasteiger partial charge in [0.1, 0.15) is 5.75 Å². The summed E-state index contributed by atoms with van der Waals surface area (Å²) >= 11 is 0. The zero-order valence-electron chi connectivity index (χ0n) is 10.6. The van der Waals surface area contributed by atoms with Gasteiger partial charge in [0.2, 0.25) is 0 Å². The second kappa shape index (κ2) is 5.23. The van der Waals surface area contributed by atoms with Crippen LogP contribution in [0.25, 0.3) is 0 Å². The third kappa shape index (κ3) is 2.79. The molecule has 0 radical (unpaired) electrons. The predicted octanol–water partition coefficient (Wildman–Crippen LogP) is 3.89. The Bertz CT molecular complexity index is 416. The summed E-state index contributed by atoms with van der Waals surface area (Å²) in [5, 5.41) is 8.91. The first kappa shape index (κ1) is 12.0. The van der Waals surface area contributed by atoms with Crippen LogP contribution in [0.15, 0.2) is 12.1 Å². The van der Waals surface area contributed by atoms with Crippen LogP contribution in [0.2, 0.25) is 0 Å². The lowest BCUT2D eigenvalue weighted by Gasteiger charge is -2.25. The fourth-order valence-electron chi connectivity index (χ4n) is 2.55. The molecule has 2 heteroatoms. The first-order valence-electron chi connectivity index (χ1n) is 6.38. The number of nitrogens with zero attached hydrogens (tertiary/aromatic N) is 1. The molecule has 0 amide bonds. The summed E-state index contributed by atoms with van der Waals surface area (Å²) in [5.41, 5.74) is 2.87. The monoisotopic (exact) mass is 229 g/mol. The smallest absolute Gasteiger partial charge is 0.125 e. The Morgan fingerprint density at radius 1 is 1.12 bits per heavy atom. The third-order valence-electron chi connectivity index (χ3n) is 3.43. The fraction of sp³-hybridized carbons (Fsp3) is 0.533. The summed E-state index contributed by atoms with van der Waals surface area (Å²) in [4.78, 5) is 0. The molecule has 0 saturated heterocycles. The van der Waals surface area contributed by atoms with E-state index < -0.39 is 0 Å². The van der Waals surface area contributed by atoms with Crippen molar-refractivity contribution in [1.82, 2.24) is 0 Å². The van der Waals surface area contributed by atoms with E-state index in [2.05, 4.69) is 6.07 Å². The lowest BCUT2D eigenvalue weighted by molar-refractivity contribution is 0.153. The largest absolute Gasteiger partial charge is 0.490 e. The number of hydrogen-bond donors (Lipinski definition) is 0. The van der Waals surface area contributed by atoms with Crippen LogP contribution < -0.4 is 4.74 Å². The molecule has 1 aliphatic rings. The molecule has 1 aliphatic carbocycles. The van der Waals surface area contributed by atoms with Gasteiger partial charge in [0, 0.05) is 0 Å². The van der Waals surface area contributed by atoms with Gasteiger partial charge in [-0.3, -0.25) is 0 Å². The molecule has 0 unspecified atom stereocenters. The number of hydrogen-bond acceptors (Lipinski definition) is 2. The van der Waals surface area contributed by atoms with Crippen molar-refractivity contribution in [1.29, 1.82) is 5.26 Å². The van der Waals surface area contributed by atoms with Crippen LogP contribution in [-0.2, 0) is 0 Å². The maximum atomic E-state index is 8.91. The molecule has 0 aromatic heterocycles. The van der Waals surface area contributed by atoms with Gasteiger partial charge in [0.25, 0.3) is 0 Å². The van der Waals surface area contributed by atoms with Gasteiger partial charge in [-0.1, -0.05) is 6.42 Å². The maximum Gasteiger partial charge on any atom is 0.125 e. The molecule has 0 heterocycles. The van der Waals surface area contributed by atoms with Gasteiger partial charge in [0.15, 0.2) is 0 Å². The van der Waals surface area contributed by atoms with Crippen LogP contribution in [0.5, 0.6) is 5.75 Å². The van der Waals surface area contributed by atoms with Crippen LogP contribution in [0.1, 0.15) is 48.8 Å². The molecule has 2 nitrogen and oxygen atoms in total. The molecule has 0 N–H and O–H groups in total. The predicted molar refractivity (Wildman–Crippen MR) is 68.1 cm³/mol. The van der Waals surface area contributed by atoms with Crippen molar-refractivity contribution in [2.45, 2.75) is 52.1 Å². The van der Waals surface area contributed by atoms with Gasteiger partial charge in [0.05, 0.1) is 17.7 Å². The van der Waals surface area contributed by atoms with Crippen molar-refractivity contribution in [3.8, 4) is 11.8 Å². The topological polar surface area (TPSA) is 33.0 Å². The normalized spacial score (nSPS) is 16.5. The molecule has 0 spiro atoms. The summed E-state index contributed by atoms with van der Waals surface area (Å²) < 4.78 is 6.11. The second-order valence-corrected chi connectivity index (χ2v) is 4.93. The van der Waals surface area contributed by atoms with Crippen molar-refractivity contribution in [2.75, 3.05) is 0 Å². The Morgan fingerprint density at radius 3 is 2.24 bits per heavy atom. The van der Waals surface area contributed by atoms with Crippen molar-refractivity contribution in [3.05, 3.63) is 28.8 Å². The van der Waals surface area contributed by atoms with Crippen LogP contribution >= 0.6 is 0 Å². The highest BCUT2D eigenvalue weighted by Gasteiger charge is 2.17. The Kier molecular flexibility index (Phi) is 3.68. The van der Waals surface area contributed by atoms with E-state index in [1.54, 1.807) is 0 Å². The molecule has 0 aliphatic heterocycles. The van der Waals surface area contributed by atoms with Crippen LogP contribution in [0.4, 0.5) is 0 Å². The minimum atomic E-state index is 0.370. The summed E-state index contributed by atoms with van der Waals surface area (Å²) in [5.74, 6) is 0.982. The van der Waals surface area contributed by atoms with Crippen molar-refractivity contribution >= 4 is 0 Å². The average molecular weight is 229 g/mol. The quantitative estimate of drug-likeness (QED) is 0.770. The molecule has 90 valence electrons. The summed E-state index contributed by atoms with van der Waals surface area (Å²) in [6, 6.07) is 6.00. The molecular formula is C15H19NO. The maximum absolute atomic E-state index is 8.91. The lowest BCUT2D eigenvalue weighted by atomic mass is 9.97. The van der Waals surface area contributed by atoms with Gasteiger partial charge in [-0.05, 0) is 62.8 Å². The van der Waals surface area contributed by atoms with Crippen LogP contribution in [0.3, 0.4) is 0 Å². The summed E-state index contributed by atoms with van der Waals surface area (Å²) in [6.45, 7) is 4.04. The first-order chi connectivity index (χ1) is 8.20. The SMILES string of the molecule is Cc1cc(C#N)cc(C)c1OC1CCCCC1. The highest BCUT2D eigenvalue weighted by Crippen LogP contribution is 2.29. The highest BCUT2D eigenvalue weighted by molar-refractivity contribution is 5.47. The van der Waals surface area contributed by atoms with E-state index in [9.17, 15) is 0 Å². The van der Waals surface area contributed by atoms with Crippen LogP contribution in [-0.4, -0.2) is 6.10 Å². The standard InChI is InChI=1S/C15H19NO/c1-11-8-13(10-16)9-12(2)15(11)17-14-6-4-3-5-7-14/h8-9,14H,3-7H2,1-2H3. The minimum absolute atomic E-state index is 0.370. The molecular weight excluding hydrogens is 210 g/mol. The van der Waals surface area contributed by atoms with Gasteiger partial charge in [-0.15, -0.1) is 0 Å². The Balaban J connectivity index is 2.18. The highest BCUT2D eigenvalue weighted by atomic mass is 16.5. The van der Waals surface area contributed by atoms with Gasteiger partial charge in [-0.2, -0.15) is 5.26 Å². The van der Waals surface area contributed by atoms with Gasteiger partial charge in [-0.25, -0.2) is 0 Å². The number of rotatable bonds is 2. The molecule has 1 aromatic carbocycles. The van der Waals surface area contributed by atoms with E-state index in [4.69, 9.17) is 10.00 Å². The first-order valence-corrected chi connectivity index (χ1v) is 6.38. The molecule has 0 atom stereocenters.